The summed E-state index contributed by atoms with van der Waals surface area (Å²) in [6.45, 7) is 3.99. The zero-order chi connectivity index (χ0) is 16.1. The smallest absolute Gasteiger partial charge is 0.406 e. The molecular weight excluding hydrogens is 309 g/mol. The average Bonchev–Trinajstić information content (AvgIpc) is 2.24. The van der Waals surface area contributed by atoms with Crippen molar-refractivity contribution < 1.29 is 26.3 Å². The highest BCUT2D eigenvalue weighted by Gasteiger charge is 2.31. The summed E-state index contributed by atoms with van der Waals surface area (Å²) in [5, 5.41) is 2.94. The van der Waals surface area contributed by atoms with E-state index in [1.165, 1.54) is 12.1 Å². The van der Waals surface area contributed by atoms with Crippen molar-refractivity contribution in [3.05, 3.63) is 24.3 Å². The van der Waals surface area contributed by atoms with Crippen LogP contribution in [0, 0.1) is 0 Å². The Bertz CT molecular complexity index is 559. The van der Waals surface area contributed by atoms with Gasteiger partial charge in [0.25, 0.3) is 0 Å². The molecule has 1 aromatic carbocycles. The van der Waals surface area contributed by atoms with Gasteiger partial charge in [0.1, 0.15) is 5.75 Å². The Morgan fingerprint density at radius 2 is 1.95 bits per heavy atom. The van der Waals surface area contributed by atoms with Crippen LogP contribution >= 0.6 is 0 Å². The van der Waals surface area contributed by atoms with Crippen LogP contribution in [0.25, 0.3) is 0 Å². The second kappa shape index (κ2) is 6.99. The molecule has 120 valence electrons. The third-order valence-electron chi connectivity index (χ3n) is 2.26. The SMILES string of the molecule is CC(C)NCCS(=O)(=O)Nc1cccc(OC(F)(F)F)c1. The number of ether oxygens (including phenoxy) is 1. The van der Waals surface area contributed by atoms with Crippen molar-refractivity contribution in [1.82, 2.24) is 5.32 Å². The molecule has 0 aliphatic heterocycles. The van der Waals surface area contributed by atoms with Gasteiger partial charge in [-0.3, -0.25) is 4.72 Å². The minimum atomic E-state index is -4.82. The van der Waals surface area contributed by atoms with Gasteiger partial charge in [0.2, 0.25) is 10.0 Å². The van der Waals surface area contributed by atoms with Crippen LogP contribution in [-0.2, 0) is 10.0 Å². The molecule has 0 saturated heterocycles. The van der Waals surface area contributed by atoms with Gasteiger partial charge in [0, 0.05) is 18.7 Å². The molecule has 0 heterocycles. The highest BCUT2D eigenvalue weighted by molar-refractivity contribution is 7.92. The number of hydrogen-bond acceptors (Lipinski definition) is 4. The van der Waals surface area contributed by atoms with Gasteiger partial charge >= 0.3 is 6.36 Å². The monoisotopic (exact) mass is 326 g/mol. The molecular formula is C12H17F3N2O3S. The third kappa shape index (κ3) is 7.76. The average molecular weight is 326 g/mol. The minimum Gasteiger partial charge on any atom is -0.406 e. The molecule has 0 spiro atoms. The lowest BCUT2D eigenvalue weighted by Gasteiger charge is -2.12. The van der Waals surface area contributed by atoms with Crippen LogP contribution < -0.4 is 14.8 Å². The molecule has 0 bridgehead atoms. The molecule has 1 aromatic rings. The first-order valence-corrected chi connectivity index (χ1v) is 7.82. The molecule has 0 unspecified atom stereocenters. The van der Waals surface area contributed by atoms with Crippen molar-refractivity contribution in [2.45, 2.75) is 26.3 Å². The number of alkyl halides is 3. The zero-order valence-corrected chi connectivity index (χ0v) is 12.4. The van der Waals surface area contributed by atoms with Crippen LogP contribution in [0.1, 0.15) is 13.8 Å². The van der Waals surface area contributed by atoms with Crippen molar-refractivity contribution in [2.24, 2.45) is 0 Å². The standard InChI is InChI=1S/C12H17F3N2O3S/c1-9(2)16-6-7-21(18,19)17-10-4-3-5-11(8-10)20-12(13,14)15/h3-5,8-9,16-17H,6-7H2,1-2H3. The van der Waals surface area contributed by atoms with E-state index in [0.29, 0.717) is 0 Å². The fourth-order valence-electron chi connectivity index (χ4n) is 1.47. The van der Waals surface area contributed by atoms with Gasteiger partial charge in [0.15, 0.2) is 0 Å². The summed E-state index contributed by atoms with van der Waals surface area (Å²) in [6.07, 6.45) is -4.82. The highest BCUT2D eigenvalue weighted by Crippen LogP contribution is 2.25. The van der Waals surface area contributed by atoms with Gasteiger partial charge in [0.05, 0.1) is 11.4 Å². The van der Waals surface area contributed by atoms with Gasteiger partial charge < -0.3 is 10.1 Å². The summed E-state index contributed by atoms with van der Waals surface area (Å²) < 4.78 is 65.7. The number of sulfonamides is 1. The maximum absolute atomic E-state index is 12.1. The summed E-state index contributed by atoms with van der Waals surface area (Å²) in [7, 11) is -3.64. The number of halogens is 3. The van der Waals surface area contributed by atoms with E-state index < -0.39 is 22.1 Å². The Hall–Kier alpha value is -1.48. The maximum Gasteiger partial charge on any atom is 0.573 e. The molecule has 0 amide bonds. The van der Waals surface area contributed by atoms with Gasteiger partial charge in [-0.1, -0.05) is 19.9 Å². The van der Waals surface area contributed by atoms with E-state index in [2.05, 4.69) is 14.8 Å². The topological polar surface area (TPSA) is 67.4 Å². The predicted octanol–water partition coefficient (Wildman–Crippen LogP) is 2.32. The maximum atomic E-state index is 12.1. The summed E-state index contributed by atoms with van der Waals surface area (Å²) >= 11 is 0. The van der Waals surface area contributed by atoms with E-state index in [4.69, 9.17) is 0 Å². The molecule has 0 aliphatic carbocycles. The fraction of sp³-hybridized carbons (Fsp3) is 0.500. The lowest BCUT2D eigenvalue weighted by atomic mass is 10.3. The van der Waals surface area contributed by atoms with Crippen molar-refractivity contribution in [2.75, 3.05) is 17.0 Å². The summed E-state index contributed by atoms with van der Waals surface area (Å²) in [5.74, 6) is -0.668. The molecule has 9 heteroatoms. The molecule has 2 N–H and O–H groups in total. The highest BCUT2D eigenvalue weighted by atomic mass is 32.2. The predicted molar refractivity (Wildman–Crippen MR) is 73.7 cm³/mol. The van der Waals surface area contributed by atoms with Crippen molar-refractivity contribution >= 4 is 15.7 Å². The lowest BCUT2D eigenvalue weighted by Crippen LogP contribution is -2.30. The van der Waals surface area contributed by atoms with E-state index in [1.807, 2.05) is 13.8 Å². The summed E-state index contributed by atoms with van der Waals surface area (Å²) in [6, 6.07) is 4.82. The number of hydrogen-bond donors (Lipinski definition) is 2. The zero-order valence-electron chi connectivity index (χ0n) is 11.6. The van der Waals surface area contributed by atoms with Crippen LogP contribution in [0.15, 0.2) is 24.3 Å². The van der Waals surface area contributed by atoms with Crippen LogP contribution in [0.2, 0.25) is 0 Å². The molecule has 1 rings (SSSR count). The van der Waals surface area contributed by atoms with Gasteiger partial charge in [-0.2, -0.15) is 0 Å². The Morgan fingerprint density at radius 3 is 2.52 bits per heavy atom. The van der Waals surface area contributed by atoms with Gasteiger partial charge in [-0.25, -0.2) is 8.42 Å². The minimum absolute atomic E-state index is 0.0151. The summed E-state index contributed by atoms with van der Waals surface area (Å²) in [4.78, 5) is 0. The molecule has 21 heavy (non-hydrogen) atoms. The Morgan fingerprint density at radius 1 is 1.29 bits per heavy atom. The van der Waals surface area contributed by atoms with Crippen LogP contribution in [-0.4, -0.2) is 33.1 Å². The van der Waals surface area contributed by atoms with Crippen molar-refractivity contribution in [1.29, 1.82) is 0 Å². The van der Waals surface area contributed by atoms with E-state index >= 15 is 0 Å². The van der Waals surface area contributed by atoms with E-state index in [1.54, 1.807) is 0 Å². The fourth-order valence-corrected chi connectivity index (χ4v) is 2.44. The van der Waals surface area contributed by atoms with E-state index in [0.717, 1.165) is 12.1 Å². The van der Waals surface area contributed by atoms with Gasteiger partial charge in [-0.15, -0.1) is 13.2 Å². The van der Waals surface area contributed by atoms with E-state index in [9.17, 15) is 21.6 Å². The van der Waals surface area contributed by atoms with Crippen molar-refractivity contribution in [3.63, 3.8) is 0 Å². The number of rotatable bonds is 7. The van der Waals surface area contributed by atoms with Gasteiger partial charge in [-0.05, 0) is 12.1 Å². The first-order chi connectivity index (χ1) is 9.57. The number of benzene rings is 1. The third-order valence-corrected chi connectivity index (χ3v) is 3.55. The molecule has 0 aromatic heterocycles. The second-order valence-corrected chi connectivity index (χ2v) is 6.45. The van der Waals surface area contributed by atoms with Crippen molar-refractivity contribution in [3.8, 4) is 5.75 Å². The number of anilines is 1. The molecule has 0 atom stereocenters. The largest absolute Gasteiger partial charge is 0.573 e. The quantitative estimate of drug-likeness (QED) is 0.807. The molecule has 0 radical (unpaired) electrons. The molecule has 0 fully saturated rings. The molecule has 0 saturated carbocycles. The first kappa shape index (κ1) is 17.6. The normalized spacial score (nSPS) is 12.5. The second-order valence-electron chi connectivity index (χ2n) is 4.61. The number of nitrogens with one attached hydrogen (secondary N) is 2. The lowest BCUT2D eigenvalue weighted by molar-refractivity contribution is -0.274. The first-order valence-electron chi connectivity index (χ1n) is 6.17. The Labute approximate surface area is 121 Å². The van der Waals surface area contributed by atoms with Crippen LogP contribution in [0.3, 0.4) is 0 Å². The molecule has 5 nitrogen and oxygen atoms in total. The molecule has 0 aliphatic rings. The van der Waals surface area contributed by atoms with Crippen LogP contribution in [0.5, 0.6) is 5.75 Å². The Balaban J connectivity index is 2.67. The van der Waals surface area contributed by atoms with Crippen LogP contribution in [0.4, 0.5) is 18.9 Å². The van der Waals surface area contributed by atoms with E-state index in [-0.39, 0.29) is 24.0 Å². The summed E-state index contributed by atoms with van der Waals surface area (Å²) in [5.41, 5.74) is 0.0151. The Kier molecular flexibility index (Phi) is 5.85.